The van der Waals surface area contributed by atoms with Gasteiger partial charge in [-0.15, -0.1) is 0 Å². The predicted molar refractivity (Wildman–Crippen MR) is 135 cm³/mol. The average Bonchev–Trinajstić information content (AvgIpc) is 2.85. The molecule has 0 saturated heterocycles. The van der Waals surface area contributed by atoms with Crippen molar-refractivity contribution in [3.05, 3.63) is 83.8 Å². The van der Waals surface area contributed by atoms with Crippen LogP contribution in [0.5, 0.6) is 11.6 Å². The van der Waals surface area contributed by atoms with E-state index in [4.69, 9.17) is 4.74 Å². The minimum Gasteiger partial charge on any atom is -0.481 e. The van der Waals surface area contributed by atoms with Crippen molar-refractivity contribution >= 4 is 23.6 Å². The summed E-state index contributed by atoms with van der Waals surface area (Å²) in [6, 6.07) is 16.0. The molecule has 2 atom stereocenters. The summed E-state index contributed by atoms with van der Waals surface area (Å²) in [5, 5.41) is 17.7. The quantitative estimate of drug-likeness (QED) is 0.266. The Balaban J connectivity index is 1.68. The number of ether oxygens (including phenoxy) is 1. The number of aliphatic imine (C=N–C) groups is 1. The zero-order chi connectivity index (χ0) is 26.1. The molecule has 2 aromatic carbocycles. The Morgan fingerprint density at radius 2 is 1.75 bits per heavy atom. The highest BCUT2D eigenvalue weighted by atomic mass is 19.1. The van der Waals surface area contributed by atoms with Gasteiger partial charge < -0.3 is 20.5 Å². The van der Waals surface area contributed by atoms with Crippen LogP contribution >= 0.6 is 0 Å². The van der Waals surface area contributed by atoms with Crippen molar-refractivity contribution in [3.63, 3.8) is 0 Å². The molecule has 0 unspecified atom stereocenters. The molecule has 4 N–H and O–H groups in total. The number of aliphatic carboxylic acids is 1. The number of guanidine groups is 1. The monoisotopic (exact) mass is 493 g/mol. The summed E-state index contributed by atoms with van der Waals surface area (Å²) < 4.78 is 18.6. The molecule has 188 valence electrons. The van der Waals surface area contributed by atoms with E-state index in [0.717, 1.165) is 17.3 Å². The largest absolute Gasteiger partial charge is 0.481 e. The number of aryl methyl sites for hydroxylation is 1. The molecule has 0 radical (unpaired) electrons. The second-order valence-electron chi connectivity index (χ2n) is 8.20. The van der Waals surface area contributed by atoms with Crippen LogP contribution in [0.3, 0.4) is 0 Å². The van der Waals surface area contributed by atoms with Gasteiger partial charge in [0.15, 0.2) is 0 Å². The SMILES string of the molecule is Cc1ccc(CNC(=O)NC(=N[C@@H](C)[C@@H](C)C(=O)O)Nc2ccc(Oc3ccc(F)cn3)cc2)cc1. The maximum absolute atomic E-state index is 13.0. The molecule has 0 spiro atoms. The Hall–Kier alpha value is -4.47. The van der Waals surface area contributed by atoms with Gasteiger partial charge in [0.25, 0.3) is 0 Å². The van der Waals surface area contributed by atoms with E-state index < -0.39 is 29.8 Å². The van der Waals surface area contributed by atoms with Gasteiger partial charge in [0.2, 0.25) is 11.8 Å². The van der Waals surface area contributed by atoms with Crippen molar-refractivity contribution in [2.75, 3.05) is 5.32 Å². The summed E-state index contributed by atoms with van der Waals surface area (Å²) in [5.74, 6) is -1.43. The first-order chi connectivity index (χ1) is 17.2. The van der Waals surface area contributed by atoms with Gasteiger partial charge in [-0.05, 0) is 56.7 Å². The highest BCUT2D eigenvalue weighted by Crippen LogP contribution is 2.21. The third kappa shape index (κ3) is 8.08. The van der Waals surface area contributed by atoms with E-state index in [1.807, 2.05) is 31.2 Å². The molecule has 2 amide bonds. The summed E-state index contributed by atoms with van der Waals surface area (Å²) in [6.07, 6.45) is 1.06. The lowest BCUT2D eigenvalue weighted by molar-refractivity contribution is -0.141. The fourth-order valence-corrected chi connectivity index (χ4v) is 2.94. The van der Waals surface area contributed by atoms with E-state index in [2.05, 4.69) is 25.9 Å². The number of nitrogens with zero attached hydrogens (tertiary/aromatic N) is 2. The summed E-state index contributed by atoms with van der Waals surface area (Å²) in [6.45, 7) is 5.49. The van der Waals surface area contributed by atoms with Crippen LogP contribution in [0.1, 0.15) is 25.0 Å². The van der Waals surface area contributed by atoms with Crippen LogP contribution in [0.4, 0.5) is 14.9 Å². The molecule has 0 aliphatic heterocycles. The van der Waals surface area contributed by atoms with Gasteiger partial charge in [-0.2, -0.15) is 0 Å². The lowest BCUT2D eigenvalue weighted by atomic mass is 10.1. The molecular weight excluding hydrogens is 465 g/mol. The van der Waals surface area contributed by atoms with E-state index in [-0.39, 0.29) is 11.8 Å². The number of hydrogen-bond donors (Lipinski definition) is 4. The first-order valence-corrected chi connectivity index (χ1v) is 11.3. The number of hydrogen-bond acceptors (Lipinski definition) is 5. The average molecular weight is 494 g/mol. The number of carbonyl (C=O) groups excluding carboxylic acids is 1. The molecule has 3 rings (SSSR count). The fourth-order valence-electron chi connectivity index (χ4n) is 2.94. The van der Waals surface area contributed by atoms with Crippen molar-refractivity contribution in [2.24, 2.45) is 10.9 Å². The minimum absolute atomic E-state index is 0.0888. The number of pyridine rings is 1. The summed E-state index contributed by atoms with van der Waals surface area (Å²) in [7, 11) is 0. The Kier molecular flexibility index (Phi) is 8.93. The van der Waals surface area contributed by atoms with Crippen LogP contribution in [0, 0.1) is 18.7 Å². The Labute approximate surface area is 208 Å². The third-order valence-electron chi connectivity index (χ3n) is 5.29. The fraction of sp³-hybridized carbons (Fsp3) is 0.231. The smallest absolute Gasteiger partial charge is 0.321 e. The van der Waals surface area contributed by atoms with Crippen LogP contribution in [0.25, 0.3) is 0 Å². The number of carboxylic acids is 1. The highest BCUT2D eigenvalue weighted by molar-refractivity contribution is 6.03. The Bertz CT molecular complexity index is 1200. The Morgan fingerprint density at radius 3 is 2.36 bits per heavy atom. The first kappa shape index (κ1) is 26.1. The van der Waals surface area contributed by atoms with E-state index in [9.17, 15) is 19.1 Å². The molecule has 9 nitrogen and oxygen atoms in total. The first-order valence-electron chi connectivity index (χ1n) is 11.3. The van der Waals surface area contributed by atoms with Crippen LogP contribution < -0.4 is 20.7 Å². The van der Waals surface area contributed by atoms with Gasteiger partial charge in [0.05, 0.1) is 18.2 Å². The van der Waals surface area contributed by atoms with E-state index in [0.29, 0.717) is 18.0 Å². The zero-order valence-corrected chi connectivity index (χ0v) is 20.2. The standard InChI is InChI=1S/C26H28FN5O4/c1-16-4-6-19(7-5-16)14-29-26(35)32-25(30-18(3)17(2)24(33)34)31-21-9-11-22(12-10-21)36-23-13-8-20(27)15-28-23/h4-13,15,17-18H,14H2,1-3H3,(H,33,34)(H3,29,30,31,32,35)/t17-,18+/m1/s1. The van der Waals surface area contributed by atoms with Crippen molar-refractivity contribution in [1.29, 1.82) is 0 Å². The van der Waals surface area contributed by atoms with Gasteiger partial charge in [0, 0.05) is 18.3 Å². The van der Waals surface area contributed by atoms with Gasteiger partial charge in [-0.25, -0.2) is 19.2 Å². The number of nitrogens with one attached hydrogen (secondary N) is 3. The van der Waals surface area contributed by atoms with Crippen LogP contribution in [0.2, 0.25) is 0 Å². The number of carboxylic acid groups (broad SMARTS) is 1. The number of anilines is 1. The number of halogens is 1. The number of rotatable bonds is 8. The summed E-state index contributed by atoms with van der Waals surface area (Å²) in [4.78, 5) is 32.1. The van der Waals surface area contributed by atoms with Gasteiger partial charge in [-0.3, -0.25) is 10.1 Å². The van der Waals surface area contributed by atoms with E-state index in [1.54, 1.807) is 38.1 Å². The molecule has 10 heteroatoms. The number of urea groups is 1. The zero-order valence-electron chi connectivity index (χ0n) is 20.2. The van der Waals surface area contributed by atoms with Gasteiger partial charge in [0.1, 0.15) is 11.6 Å². The second kappa shape index (κ2) is 12.3. The molecule has 36 heavy (non-hydrogen) atoms. The van der Waals surface area contributed by atoms with Crippen molar-refractivity contribution in [3.8, 4) is 11.6 Å². The number of benzene rings is 2. The molecule has 0 aliphatic rings. The van der Waals surface area contributed by atoms with E-state index >= 15 is 0 Å². The maximum Gasteiger partial charge on any atom is 0.321 e. The van der Waals surface area contributed by atoms with Gasteiger partial charge >= 0.3 is 12.0 Å². The van der Waals surface area contributed by atoms with Crippen LogP contribution in [-0.2, 0) is 11.3 Å². The number of carbonyl (C=O) groups is 2. The topological polar surface area (TPSA) is 125 Å². The number of aromatic nitrogens is 1. The summed E-state index contributed by atoms with van der Waals surface area (Å²) >= 11 is 0. The van der Waals surface area contributed by atoms with Crippen molar-refractivity contribution in [1.82, 2.24) is 15.6 Å². The molecule has 0 aliphatic carbocycles. The van der Waals surface area contributed by atoms with Gasteiger partial charge in [-0.1, -0.05) is 29.8 Å². The predicted octanol–water partition coefficient (Wildman–Crippen LogP) is 4.70. The van der Waals surface area contributed by atoms with Crippen molar-refractivity contribution in [2.45, 2.75) is 33.4 Å². The molecule has 0 bridgehead atoms. The number of amides is 2. The minimum atomic E-state index is -0.995. The molecule has 1 heterocycles. The summed E-state index contributed by atoms with van der Waals surface area (Å²) in [5.41, 5.74) is 2.62. The van der Waals surface area contributed by atoms with Crippen LogP contribution in [0.15, 0.2) is 71.9 Å². The van der Waals surface area contributed by atoms with Crippen LogP contribution in [-0.4, -0.2) is 34.1 Å². The molecule has 0 fully saturated rings. The molecule has 0 saturated carbocycles. The van der Waals surface area contributed by atoms with Crippen molar-refractivity contribution < 1.29 is 23.8 Å². The third-order valence-corrected chi connectivity index (χ3v) is 5.29. The Morgan fingerprint density at radius 1 is 1.06 bits per heavy atom. The highest BCUT2D eigenvalue weighted by Gasteiger charge is 2.20. The van der Waals surface area contributed by atoms with E-state index in [1.165, 1.54) is 12.1 Å². The normalized spacial score (nSPS) is 12.8. The molecule has 3 aromatic rings. The molecule has 1 aromatic heterocycles. The lowest BCUT2D eigenvalue weighted by Crippen LogP contribution is -2.43. The molecular formula is C26H28FN5O4. The maximum atomic E-state index is 13.0. The lowest BCUT2D eigenvalue weighted by Gasteiger charge is -2.17. The second-order valence-corrected chi connectivity index (χ2v) is 8.20.